The smallest absolute Gasteiger partial charge is 0.277 e. The zero-order valence-corrected chi connectivity index (χ0v) is 16.8. The van der Waals surface area contributed by atoms with Crippen molar-refractivity contribution < 1.29 is 23.8 Å². The van der Waals surface area contributed by atoms with Gasteiger partial charge in [0.15, 0.2) is 11.5 Å². The highest BCUT2D eigenvalue weighted by Gasteiger charge is 2.28. The van der Waals surface area contributed by atoms with Crippen LogP contribution in [0.2, 0.25) is 0 Å². The molecule has 0 fully saturated rings. The van der Waals surface area contributed by atoms with Gasteiger partial charge in [0.25, 0.3) is 11.8 Å². The molecule has 0 bridgehead atoms. The number of amides is 2. The fraction of sp³-hybridized carbons (Fsp3) is 0.429. The van der Waals surface area contributed by atoms with E-state index in [1.165, 1.54) is 11.0 Å². The summed E-state index contributed by atoms with van der Waals surface area (Å²) in [4.78, 5) is 26.7. The van der Waals surface area contributed by atoms with Crippen molar-refractivity contribution in [3.05, 3.63) is 30.0 Å². The van der Waals surface area contributed by atoms with Crippen molar-refractivity contribution in [2.24, 2.45) is 0 Å². The minimum Gasteiger partial charge on any atom is -0.493 e. The van der Waals surface area contributed by atoms with Crippen LogP contribution in [0.1, 0.15) is 36.7 Å². The molecule has 2 amide bonds. The van der Waals surface area contributed by atoms with E-state index in [9.17, 15) is 9.59 Å². The number of benzene rings is 1. The molecule has 28 heavy (non-hydrogen) atoms. The van der Waals surface area contributed by atoms with Gasteiger partial charge >= 0.3 is 0 Å². The van der Waals surface area contributed by atoms with E-state index in [1.54, 1.807) is 33.5 Å². The maximum Gasteiger partial charge on any atom is 0.277 e. The van der Waals surface area contributed by atoms with Gasteiger partial charge in [0.1, 0.15) is 5.69 Å². The molecule has 1 aliphatic heterocycles. The lowest BCUT2D eigenvalue weighted by molar-refractivity contribution is -0.124. The molecule has 0 spiro atoms. The van der Waals surface area contributed by atoms with Crippen LogP contribution in [0.3, 0.4) is 0 Å². The summed E-state index contributed by atoms with van der Waals surface area (Å²) in [5.74, 6) is 0.920. The lowest BCUT2D eigenvalue weighted by Gasteiger charge is -2.22. The van der Waals surface area contributed by atoms with Crippen LogP contribution < -0.4 is 14.2 Å². The van der Waals surface area contributed by atoms with E-state index < -0.39 is 0 Å². The quantitative estimate of drug-likeness (QED) is 0.682. The first-order valence-corrected chi connectivity index (χ1v) is 9.41. The molecular formula is C21H26N2O5. The Morgan fingerprint density at radius 3 is 2.46 bits per heavy atom. The number of ether oxygens (including phenoxy) is 3. The van der Waals surface area contributed by atoms with E-state index in [0.717, 1.165) is 23.7 Å². The SMILES string of the molecule is CCCCn1c(C(=O)N2CCC=CC2=O)cc2cc(OC)c(OC)c(OC)c21. The van der Waals surface area contributed by atoms with Crippen LogP contribution in [0.4, 0.5) is 0 Å². The second kappa shape index (κ2) is 8.37. The lowest BCUT2D eigenvalue weighted by Crippen LogP contribution is -2.39. The van der Waals surface area contributed by atoms with Crippen LogP contribution in [0.15, 0.2) is 24.3 Å². The molecule has 150 valence electrons. The monoisotopic (exact) mass is 386 g/mol. The summed E-state index contributed by atoms with van der Waals surface area (Å²) in [5.41, 5.74) is 1.22. The number of aryl methyl sites for hydroxylation is 1. The molecule has 0 radical (unpaired) electrons. The summed E-state index contributed by atoms with van der Waals surface area (Å²) >= 11 is 0. The van der Waals surface area contributed by atoms with Crippen LogP contribution in [0.25, 0.3) is 10.9 Å². The third-order valence-corrected chi connectivity index (χ3v) is 4.93. The van der Waals surface area contributed by atoms with Crippen molar-refractivity contribution in [2.45, 2.75) is 32.7 Å². The second-order valence-electron chi connectivity index (χ2n) is 6.60. The maximum atomic E-state index is 13.2. The summed E-state index contributed by atoms with van der Waals surface area (Å²) < 4.78 is 18.5. The Balaban J connectivity index is 2.23. The summed E-state index contributed by atoms with van der Waals surface area (Å²) in [6.07, 6.45) is 5.76. The Labute approximate surface area is 164 Å². The first-order valence-electron chi connectivity index (χ1n) is 9.41. The number of hydrogen-bond acceptors (Lipinski definition) is 5. The van der Waals surface area contributed by atoms with Gasteiger partial charge in [-0.3, -0.25) is 14.5 Å². The normalized spacial score (nSPS) is 13.9. The van der Waals surface area contributed by atoms with E-state index in [0.29, 0.717) is 42.5 Å². The van der Waals surface area contributed by atoms with Crippen molar-refractivity contribution in [3.8, 4) is 17.2 Å². The van der Waals surface area contributed by atoms with Gasteiger partial charge in [-0.1, -0.05) is 19.4 Å². The molecule has 0 saturated heterocycles. The Morgan fingerprint density at radius 1 is 1.11 bits per heavy atom. The van der Waals surface area contributed by atoms with E-state index >= 15 is 0 Å². The van der Waals surface area contributed by atoms with Crippen LogP contribution >= 0.6 is 0 Å². The Hall–Kier alpha value is -2.96. The maximum absolute atomic E-state index is 13.2. The topological polar surface area (TPSA) is 70.0 Å². The predicted molar refractivity (Wildman–Crippen MR) is 106 cm³/mol. The molecule has 1 aromatic carbocycles. The number of hydrogen-bond donors (Lipinski definition) is 0. The molecule has 0 unspecified atom stereocenters. The molecule has 0 aliphatic carbocycles. The summed E-state index contributed by atoms with van der Waals surface area (Å²) in [7, 11) is 4.67. The number of carbonyl (C=O) groups excluding carboxylic acids is 2. The zero-order chi connectivity index (χ0) is 20.3. The van der Waals surface area contributed by atoms with E-state index in [4.69, 9.17) is 14.2 Å². The first-order chi connectivity index (χ1) is 13.6. The number of rotatable bonds is 7. The van der Waals surface area contributed by atoms with Crippen LogP contribution in [0, 0.1) is 0 Å². The largest absolute Gasteiger partial charge is 0.493 e. The van der Waals surface area contributed by atoms with Crippen LogP contribution in [-0.2, 0) is 11.3 Å². The van der Waals surface area contributed by atoms with Gasteiger partial charge < -0.3 is 18.8 Å². The fourth-order valence-corrected chi connectivity index (χ4v) is 3.55. The number of fused-ring (bicyclic) bond motifs is 1. The minimum absolute atomic E-state index is 0.286. The molecule has 2 aromatic rings. The second-order valence-corrected chi connectivity index (χ2v) is 6.60. The summed E-state index contributed by atoms with van der Waals surface area (Å²) in [6, 6.07) is 3.62. The van der Waals surface area contributed by atoms with E-state index in [2.05, 4.69) is 6.92 Å². The molecule has 2 heterocycles. The van der Waals surface area contributed by atoms with Gasteiger partial charge in [-0.15, -0.1) is 0 Å². The first kappa shape index (κ1) is 19.8. The average Bonchev–Trinajstić information content (AvgIpc) is 3.08. The predicted octanol–water partition coefficient (Wildman–Crippen LogP) is 3.40. The highest BCUT2D eigenvalue weighted by Crippen LogP contribution is 2.44. The number of nitrogens with zero attached hydrogens (tertiary/aromatic N) is 2. The fourth-order valence-electron chi connectivity index (χ4n) is 3.55. The number of unbranched alkanes of at least 4 members (excludes halogenated alkanes) is 1. The molecule has 0 atom stereocenters. The molecule has 7 nitrogen and oxygen atoms in total. The number of imide groups is 1. The van der Waals surface area contributed by atoms with Gasteiger partial charge in [-0.2, -0.15) is 0 Å². The molecule has 1 aliphatic rings. The molecule has 0 saturated carbocycles. The lowest BCUT2D eigenvalue weighted by atomic mass is 10.2. The Kier molecular flexibility index (Phi) is 5.92. The van der Waals surface area contributed by atoms with Crippen molar-refractivity contribution in [1.82, 2.24) is 9.47 Å². The van der Waals surface area contributed by atoms with Gasteiger partial charge in [0.2, 0.25) is 5.75 Å². The Morgan fingerprint density at radius 2 is 1.86 bits per heavy atom. The van der Waals surface area contributed by atoms with Crippen LogP contribution in [0.5, 0.6) is 17.2 Å². The van der Waals surface area contributed by atoms with Gasteiger partial charge in [0.05, 0.1) is 26.8 Å². The van der Waals surface area contributed by atoms with Crippen molar-refractivity contribution in [3.63, 3.8) is 0 Å². The molecule has 0 N–H and O–H groups in total. The molecular weight excluding hydrogens is 360 g/mol. The molecule has 7 heteroatoms. The highest BCUT2D eigenvalue weighted by atomic mass is 16.5. The molecule has 1 aromatic heterocycles. The number of methoxy groups -OCH3 is 3. The minimum atomic E-state index is -0.304. The highest BCUT2D eigenvalue weighted by molar-refractivity contribution is 6.10. The Bertz CT molecular complexity index is 929. The van der Waals surface area contributed by atoms with Crippen molar-refractivity contribution in [1.29, 1.82) is 0 Å². The number of carbonyl (C=O) groups is 2. The van der Waals surface area contributed by atoms with E-state index in [-0.39, 0.29) is 11.8 Å². The zero-order valence-electron chi connectivity index (χ0n) is 16.8. The van der Waals surface area contributed by atoms with Crippen molar-refractivity contribution in [2.75, 3.05) is 27.9 Å². The third-order valence-electron chi connectivity index (χ3n) is 4.93. The van der Waals surface area contributed by atoms with Gasteiger partial charge in [-0.05, 0) is 31.1 Å². The standard InChI is InChI=1S/C21H26N2O5/c1-5-6-10-22-15(21(25)23-11-8-7-9-17(23)24)12-14-13-16(26-2)19(27-3)20(28-4)18(14)22/h7,9,12-13H,5-6,8,10-11H2,1-4H3. The summed E-state index contributed by atoms with van der Waals surface area (Å²) in [6.45, 7) is 3.10. The van der Waals surface area contributed by atoms with Gasteiger partial charge in [-0.25, -0.2) is 0 Å². The van der Waals surface area contributed by atoms with Crippen molar-refractivity contribution >= 4 is 22.7 Å². The third kappa shape index (κ3) is 3.32. The summed E-state index contributed by atoms with van der Waals surface area (Å²) in [5, 5.41) is 0.800. The number of aromatic nitrogens is 1. The molecule has 3 rings (SSSR count). The average molecular weight is 386 g/mol. The van der Waals surface area contributed by atoms with E-state index in [1.807, 2.05) is 10.6 Å². The van der Waals surface area contributed by atoms with Crippen LogP contribution in [-0.4, -0.2) is 49.2 Å². The van der Waals surface area contributed by atoms with Gasteiger partial charge in [0, 0.05) is 18.5 Å².